The molecule has 0 aromatic heterocycles. The zero-order valence-corrected chi connectivity index (χ0v) is 18.4. The molecule has 0 spiro atoms. The molecule has 0 unspecified atom stereocenters. The molecule has 0 radical (unpaired) electrons. The second-order valence-corrected chi connectivity index (χ2v) is 8.73. The van der Waals surface area contributed by atoms with E-state index >= 15 is 0 Å². The van der Waals surface area contributed by atoms with Crippen molar-refractivity contribution in [2.24, 2.45) is 0 Å². The number of rotatable bonds is 5. The molecule has 2 aromatic carbocycles. The number of phenolic OH excluding ortho intramolecular Hbond substituents is 1. The molecular weight excluding hydrogens is 370 g/mol. The number of phenols is 1. The van der Waals surface area contributed by atoms with Gasteiger partial charge in [0, 0.05) is 23.7 Å². The Morgan fingerprint density at radius 1 is 1.04 bits per heavy atom. The lowest BCUT2D eigenvalue weighted by atomic mass is 9.83. The zero-order chi connectivity index (χ0) is 19.4. The number of halogens is 1. The van der Waals surface area contributed by atoms with Crippen LogP contribution in [-0.2, 0) is 12.0 Å². The van der Waals surface area contributed by atoms with Crippen molar-refractivity contribution in [1.29, 1.82) is 0 Å². The highest BCUT2D eigenvalue weighted by atomic mass is 35.5. The van der Waals surface area contributed by atoms with Gasteiger partial charge < -0.3 is 15.2 Å². The molecule has 0 amide bonds. The summed E-state index contributed by atoms with van der Waals surface area (Å²) in [5.41, 5.74) is 4.16. The fourth-order valence-electron chi connectivity index (χ4n) is 3.81. The van der Waals surface area contributed by atoms with Gasteiger partial charge in [-0.2, -0.15) is 0 Å². The molecule has 3 nitrogen and oxygen atoms in total. The van der Waals surface area contributed by atoms with E-state index in [0.29, 0.717) is 18.3 Å². The van der Waals surface area contributed by atoms with Crippen LogP contribution >= 0.6 is 12.4 Å². The van der Waals surface area contributed by atoms with Crippen molar-refractivity contribution in [3.05, 3.63) is 47.5 Å². The largest absolute Gasteiger partial charge is 0.507 e. The van der Waals surface area contributed by atoms with Crippen LogP contribution in [0, 0.1) is 0 Å². The predicted molar refractivity (Wildman–Crippen MR) is 120 cm³/mol. The highest BCUT2D eigenvalue weighted by molar-refractivity contribution is 5.85. The van der Waals surface area contributed by atoms with E-state index in [1.807, 2.05) is 24.3 Å². The first-order valence-electron chi connectivity index (χ1n) is 10.1. The molecule has 0 heterocycles. The molecule has 154 valence electrons. The van der Waals surface area contributed by atoms with Crippen LogP contribution in [-0.4, -0.2) is 18.3 Å². The molecule has 2 aromatic rings. The predicted octanol–water partition coefficient (Wildman–Crippen LogP) is 6.21. The SMILES string of the molecule is COc1ccc(-c2cc(C(C)(C)C)cc(CNC3CCCCC3)c2O)cc1.Cl. The van der Waals surface area contributed by atoms with Crippen molar-refractivity contribution in [1.82, 2.24) is 5.32 Å². The number of nitrogens with one attached hydrogen (secondary N) is 1. The topological polar surface area (TPSA) is 41.5 Å². The van der Waals surface area contributed by atoms with Gasteiger partial charge in [-0.25, -0.2) is 0 Å². The number of benzene rings is 2. The van der Waals surface area contributed by atoms with Crippen LogP contribution < -0.4 is 10.1 Å². The zero-order valence-electron chi connectivity index (χ0n) is 17.5. The maximum absolute atomic E-state index is 11.0. The lowest BCUT2D eigenvalue weighted by molar-refractivity contribution is 0.369. The summed E-state index contributed by atoms with van der Waals surface area (Å²) < 4.78 is 5.27. The Hall–Kier alpha value is -1.71. The molecule has 1 aliphatic rings. The van der Waals surface area contributed by atoms with E-state index in [0.717, 1.165) is 22.4 Å². The molecule has 0 saturated heterocycles. The summed E-state index contributed by atoms with van der Waals surface area (Å²) in [4.78, 5) is 0. The van der Waals surface area contributed by atoms with Crippen molar-refractivity contribution >= 4 is 12.4 Å². The van der Waals surface area contributed by atoms with E-state index in [2.05, 4.69) is 38.2 Å². The quantitative estimate of drug-likeness (QED) is 0.623. The van der Waals surface area contributed by atoms with Crippen molar-refractivity contribution in [2.75, 3.05) is 7.11 Å². The second-order valence-electron chi connectivity index (χ2n) is 8.73. The highest BCUT2D eigenvalue weighted by Gasteiger charge is 2.20. The Labute approximate surface area is 175 Å². The Morgan fingerprint density at radius 3 is 2.25 bits per heavy atom. The van der Waals surface area contributed by atoms with Crippen LogP contribution in [0.3, 0.4) is 0 Å². The van der Waals surface area contributed by atoms with Gasteiger partial charge in [0.05, 0.1) is 7.11 Å². The standard InChI is InChI=1S/C24H33NO2.ClH/c1-24(2,3)19-14-18(16-25-20-8-6-5-7-9-20)23(26)22(15-19)17-10-12-21(27-4)13-11-17;/h10-15,20,25-26H,5-9,16H2,1-4H3;1H. The van der Waals surface area contributed by atoms with Crippen LogP contribution in [0.5, 0.6) is 11.5 Å². The van der Waals surface area contributed by atoms with Gasteiger partial charge in [-0.05, 0) is 47.6 Å². The number of methoxy groups -OCH3 is 1. The molecule has 0 bridgehead atoms. The van der Waals surface area contributed by atoms with Gasteiger partial charge in [0.25, 0.3) is 0 Å². The minimum Gasteiger partial charge on any atom is -0.507 e. The lowest BCUT2D eigenvalue weighted by Crippen LogP contribution is -2.30. The molecule has 0 atom stereocenters. The fraction of sp³-hybridized carbons (Fsp3) is 0.500. The lowest BCUT2D eigenvalue weighted by Gasteiger charge is -2.25. The van der Waals surface area contributed by atoms with Crippen LogP contribution in [0.1, 0.15) is 64.0 Å². The average molecular weight is 404 g/mol. The Balaban J connectivity index is 0.00000280. The normalized spacial score (nSPS) is 15.1. The average Bonchev–Trinajstić information content (AvgIpc) is 2.67. The first-order valence-corrected chi connectivity index (χ1v) is 10.1. The maximum Gasteiger partial charge on any atom is 0.127 e. The van der Waals surface area contributed by atoms with Crippen molar-refractivity contribution in [2.45, 2.75) is 70.9 Å². The molecule has 1 fully saturated rings. The summed E-state index contributed by atoms with van der Waals surface area (Å²) in [7, 11) is 1.67. The minimum absolute atomic E-state index is 0. The van der Waals surface area contributed by atoms with Gasteiger partial charge in [-0.1, -0.05) is 58.2 Å². The monoisotopic (exact) mass is 403 g/mol. The van der Waals surface area contributed by atoms with E-state index < -0.39 is 0 Å². The number of ether oxygens (including phenoxy) is 1. The van der Waals surface area contributed by atoms with Gasteiger partial charge in [-0.3, -0.25) is 0 Å². The fourth-order valence-corrected chi connectivity index (χ4v) is 3.81. The summed E-state index contributed by atoms with van der Waals surface area (Å²) in [6, 6.07) is 12.8. The van der Waals surface area contributed by atoms with Gasteiger partial charge >= 0.3 is 0 Å². The third-order valence-electron chi connectivity index (χ3n) is 5.64. The van der Waals surface area contributed by atoms with Crippen LogP contribution in [0.4, 0.5) is 0 Å². The maximum atomic E-state index is 11.0. The third-order valence-corrected chi connectivity index (χ3v) is 5.64. The van der Waals surface area contributed by atoms with Gasteiger partial charge in [0.15, 0.2) is 0 Å². The molecule has 0 aliphatic heterocycles. The van der Waals surface area contributed by atoms with Gasteiger partial charge in [-0.15, -0.1) is 12.4 Å². The molecule has 1 aliphatic carbocycles. The molecular formula is C24H34ClNO2. The van der Waals surface area contributed by atoms with Crippen LogP contribution in [0.25, 0.3) is 11.1 Å². The molecule has 2 N–H and O–H groups in total. The summed E-state index contributed by atoms with van der Waals surface area (Å²) >= 11 is 0. The number of aromatic hydroxyl groups is 1. The van der Waals surface area contributed by atoms with Crippen molar-refractivity contribution < 1.29 is 9.84 Å². The summed E-state index contributed by atoms with van der Waals surface area (Å²) in [5.74, 6) is 1.21. The number of hydrogen-bond acceptors (Lipinski definition) is 3. The summed E-state index contributed by atoms with van der Waals surface area (Å²) in [6.45, 7) is 7.37. The van der Waals surface area contributed by atoms with E-state index in [1.165, 1.54) is 37.7 Å². The van der Waals surface area contributed by atoms with Gasteiger partial charge in [0.1, 0.15) is 11.5 Å². The van der Waals surface area contributed by atoms with E-state index in [4.69, 9.17) is 4.74 Å². The molecule has 1 saturated carbocycles. The first kappa shape index (κ1) is 22.6. The Kier molecular flexibility index (Phi) is 7.79. The Morgan fingerprint density at radius 2 is 1.68 bits per heavy atom. The summed E-state index contributed by atoms with van der Waals surface area (Å²) in [6.07, 6.45) is 6.45. The minimum atomic E-state index is 0. The third kappa shape index (κ3) is 5.42. The summed E-state index contributed by atoms with van der Waals surface area (Å²) in [5, 5.41) is 14.7. The van der Waals surface area contributed by atoms with E-state index in [1.54, 1.807) is 7.11 Å². The van der Waals surface area contributed by atoms with Crippen molar-refractivity contribution in [3.63, 3.8) is 0 Å². The van der Waals surface area contributed by atoms with E-state index in [-0.39, 0.29) is 17.8 Å². The van der Waals surface area contributed by atoms with E-state index in [9.17, 15) is 5.11 Å². The second kappa shape index (κ2) is 9.67. The highest BCUT2D eigenvalue weighted by Crippen LogP contribution is 2.38. The smallest absolute Gasteiger partial charge is 0.127 e. The van der Waals surface area contributed by atoms with Crippen molar-refractivity contribution in [3.8, 4) is 22.6 Å². The number of hydrogen-bond donors (Lipinski definition) is 2. The Bertz CT molecular complexity index is 759. The van der Waals surface area contributed by atoms with Gasteiger partial charge in [0.2, 0.25) is 0 Å². The molecule has 4 heteroatoms. The van der Waals surface area contributed by atoms with Crippen LogP contribution in [0.2, 0.25) is 0 Å². The van der Waals surface area contributed by atoms with Crippen LogP contribution in [0.15, 0.2) is 36.4 Å². The molecule has 28 heavy (non-hydrogen) atoms. The first-order chi connectivity index (χ1) is 12.9. The molecule has 3 rings (SSSR count).